The number of aldehydes is 1. The summed E-state index contributed by atoms with van der Waals surface area (Å²) >= 11 is 0. The van der Waals surface area contributed by atoms with Crippen molar-refractivity contribution in [2.24, 2.45) is 0 Å². The molecule has 0 N–H and O–H groups in total. The first-order valence-corrected chi connectivity index (χ1v) is 6.54. The molecule has 0 aliphatic heterocycles. The minimum Gasteiger partial charge on any atom is -0.497 e. The van der Waals surface area contributed by atoms with Crippen LogP contribution in [0.1, 0.15) is 23.7 Å². The molecular weight excluding hydrogens is 254 g/mol. The summed E-state index contributed by atoms with van der Waals surface area (Å²) in [6.07, 6.45) is 1.42. The van der Waals surface area contributed by atoms with Crippen molar-refractivity contribution in [3.8, 4) is 17.0 Å². The van der Waals surface area contributed by atoms with E-state index in [9.17, 15) is 9.59 Å². The van der Waals surface area contributed by atoms with Crippen molar-refractivity contribution in [2.45, 2.75) is 19.9 Å². The summed E-state index contributed by atoms with van der Waals surface area (Å²) in [5.74, 6) is 0.734. The number of carbonyl (C=O) groups is 1. The van der Waals surface area contributed by atoms with Crippen molar-refractivity contribution in [1.29, 1.82) is 0 Å². The molecule has 0 radical (unpaired) electrons. The van der Waals surface area contributed by atoms with Crippen molar-refractivity contribution >= 4 is 6.29 Å². The molecular formula is C16H17NO3. The topological polar surface area (TPSA) is 48.3 Å². The number of rotatable bonds is 5. The Morgan fingerprint density at radius 2 is 2.05 bits per heavy atom. The third kappa shape index (κ3) is 2.64. The number of benzene rings is 1. The number of aromatic nitrogens is 1. The maximum absolute atomic E-state index is 12.2. The molecule has 20 heavy (non-hydrogen) atoms. The molecule has 0 amide bonds. The van der Waals surface area contributed by atoms with Crippen LogP contribution in [0.2, 0.25) is 0 Å². The smallest absolute Gasteiger partial charge is 0.261 e. The second-order valence-corrected chi connectivity index (χ2v) is 4.48. The van der Waals surface area contributed by atoms with Crippen LogP contribution < -0.4 is 10.3 Å². The van der Waals surface area contributed by atoms with Gasteiger partial charge in [-0.2, -0.15) is 0 Å². The van der Waals surface area contributed by atoms with Gasteiger partial charge in [-0.25, -0.2) is 0 Å². The zero-order chi connectivity index (χ0) is 14.5. The van der Waals surface area contributed by atoms with Crippen molar-refractivity contribution in [2.75, 3.05) is 7.11 Å². The molecule has 0 saturated carbocycles. The lowest BCUT2D eigenvalue weighted by atomic mass is 10.1. The van der Waals surface area contributed by atoms with E-state index in [0.717, 1.165) is 23.4 Å². The van der Waals surface area contributed by atoms with Crippen LogP contribution in [0, 0.1) is 0 Å². The van der Waals surface area contributed by atoms with Crippen molar-refractivity contribution < 1.29 is 9.53 Å². The number of ether oxygens (including phenoxy) is 1. The maximum atomic E-state index is 12.2. The predicted octanol–water partition coefficient (Wildman–Crippen LogP) is 2.75. The van der Waals surface area contributed by atoms with E-state index in [2.05, 4.69) is 0 Å². The molecule has 0 fully saturated rings. The Hall–Kier alpha value is -2.36. The maximum Gasteiger partial charge on any atom is 0.261 e. The van der Waals surface area contributed by atoms with E-state index in [1.807, 2.05) is 31.2 Å². The fraction of sp³-hybridized carbons (Fsp3) is 0.250. The summed E-state index contributed by atoms with van der Waals surface area (Å²) < 4.78 is 6.85. The molecule has 0 aliphatic carbocycles. The van der Waals surface area contributed by atoms with Gasteiger partial charge in [0.05, 0.1) is 18.4 Å². The number of hydrogen-bond donors (Lipinski definition) is 0. The molecule has 1 aromatic carbocycles. The number of nitrogens with zero attached hydrogens (tertiary/aromatic N) is 1. The van der Waals surface area contributed by atoms with Crippen molar-refractivity contribution in [3.05, 3.63) is 52.3 Å². The molecule has 0 aliphatic rings. The Bertz CT molecular complexity index is 674. The fourth-order valence-electron chi connectivity index (χ4n) is 2.16. The molecule has 0 spiro atoms. The van der Waals surface area contributed by atoms with Crippen LogP contribution in [0.3, 0.4) is 0 Å². The van der Waals surface area contributed by atoms with Gasteiger partial charge in [0.2, 0.25) is 0 Å². The largest absolute Gasteiger partial charge is 0.497 e. The van der Waals surface area contributed by atoms with E-state index in [1.165, 1.54) is 0 Å². The van der Waals surface area contributed by atoms with Crippen LogP contribution in [0.25, 0.3) is 11.3 Å². The average molecular weight is 271 g/mol. The molecule has 0 bridgehead atoms. The first-order chi connectivity index (χ1) is 9.71. The molecule has 1 aromatic heterocycles. The molecule has 0 saturated heterocycles. The van der Waals surface area contributed by atoms with E-state index in [1.54, 1.807) is 23.8 Å². The summed E-state index contributed by atoms with van der Waals surface area (Å²) in [6.45, 7) is 2.57. The quantitative estimate of drug-likeness (QED) is 0.786. The number of methoxy groups -OCH3 is 1. The second kappa shape index (κ2) is 6.19. The van der Waals surface area contributed by atoms with Gasteiger partial charge in [-0.05, 0) is 30.7 Å². The van der Waals surface area contributed by atoms with E-state index >= 15 is 0 Å². The first kappa shape index (κ1) is 14.1. The molecule has 2 aromatic rings. The standard InChI is InChI=1S/C16H17NO3/c1-3-9-17-15(8-7-13(11-18)16(17)19)12-5-4-6-14(10-12)20-2/h4-8,10-11H,3,9H2,1-2H3. The molecule has 2 rings (SSSR count). The Morgan fingerprint density at radius 3 is 2.70 bits per heavy atom. The molecule has 1 heterocycles. The predicted molar refractivity (Wildman–Crippen MR) is 78.4 cm³/mol. The van der Waals surface area contributed by atoms with Gasteiger partial charge >= 0.3 is 0 Å². The zero-order valence-corrected chi connectivity index (χ0v) is 11.6. The van der Waals surface area contributed by atoms with Crippen molar-refractivity contribution in [3.63, 3.8) is 0 Å². The third-order valence-electron chi connectivity index (χ3n) is 3.14. The lowest BCUT2D eigenvalue weighted by molar-refractivity contribution is 0.112. The average Bonchev–Trinajstić information content (AvgIpc) is 2.49. The SMILES string of the molecule is CCCn1c(-c2cccc(OC)c2)ccc(C=O)c1=O. The van der Waals surface area contributed by atoms with E-state index < -0.39 is 0 Å². The minimum atomic E-state index is -0.248. The van der Waals surface area contributed by atoms with Crippen LogP contribution in [0.4, 0.5) is 0 Å². The highest BCUT2D eigenvalue weighted by atomic mass is 16.5. The monoisotopic (exact) mass is 271 g/mol. The Labute approximate surface area is 117 Å². The molecule has 104 valence electrons. The van der Waals surface area contributed by atoms with Crippen LogP contribution in [0.5, 0.6) is 5.75 Å². The van der Waals surface area contributed by atoms with Gasteiger partial charge in [0.25, 0.3) is 5.56 Å². The highest BCUT2D eigenvalue weighted by molar-refractivity contribution is 5.75. The summed E-state index contributed by atoms with van der Waals surface area (Å²) in [7, 11) is 1.60. The summed E-state index contributed by atoms with van der Waals surface area (Å²) in [4.78, 5) is 23.1. The highest BCUT2D eigenvalue weighted by Crippen LogP contribution is 2.23. The fourth-order valence-corrected chi connectivity index (χ4v) is 2.16. The number of carbonyl (C=O) groups excluding carboxylic acids is 1. The Balaban J connectivity index is 2.63. The van der Waals surface area contributed by atoms with Gasteiger partial charge < -0.3 is 9.30 Å². The second-order valence-electron chi connectivity index (χ2n) is 4.48. The van der Waals surface area contributed by atoms with Crippen LogP contribution in [-0.2, 0) is 6.54 Å². The minimum absolute atomic E-state index is 0.185. The van der Waals surface area contributed by atoms with Gasteiger partial charge in [-0.15, -0.1) is 0 Å². The summed E-state index contributed by atoms with van der Waals surface area (Å²) in [5, 5.41) is 0. The molecule has 0 atom stereocenters. The highest BCUT2D eigenvalue weighted by Gasteiger charge is 2.10. The summed E-state index contributed by atoms with van der Waals surface area (Å²) in [6, 6.07) is 10.9. The van der Waals surface area contributed by atoms with Crippen molar-refractivity contribution in [1.82, 2.24) is 4.57 Å². The van der Waals surface area contributed by atoms with Gasteiger partial charge in [-0.3, -0.25) is 9.59 Å². The Morgan fingerprint density at radius 1 is 1.25 bits per heavy atom. The Kier molecular flexibility index (Phi) is 4.35. The molecule has 0 unspecified atom stereocenters. The lowest BCUT2D eigenvalue weighted by Gasteiger charge is -2.13. The first-order valence-electron chi connectivity index (χ1n) is 6.54. The zero-order valence-electron chi connectivity index (χ0n) is 11.6. The van der Waals surface area contributed by atoms with Gasteiger partial charge in [0, 0.05) is 12.1 Å². The van der Waals surface area contributed by atoms with Gasteiger partial charge in [0.15, 0.2) is 6.29 Å². The number of hydrogen-bond acceptors (Lipinski definition) is 3. The van der Waals surface area contributed by atoms with Gasteiger partial charge in [0.1, 0.15) is 5.75 Å². The number of pyridine rings is 1. The van der Waals surface area contributed by atoms with E-state index in [0.29, 0.717) is 12.8 Å². The third-order valence-corrected chi connectivity index (χ3v) is 3.14. The summed E-state index contributed by atoms with van der Waals surface area (Å²) in [5.41, 5.74) is 1.63. The lowest BCUT2D eigenvalue weighted by Crippen LogP contribution is -2.24. The van der Waals surface area contributed by atoms with Crippen LogP contribution in [-0.4, -0.2) is 18.0 Å². The van der Waals surface area contributed by atoms with Crippen LogP contribution in [0.15, 0.2) is 41.2 Å². The van der Waals surface area contributed by atoms with Gasteiger partial charge in [-0.1, -0.05) is 19.1 Å². The molecule has 4 heteroatoms. The van der Waals surface area contributed by atoms with E-state index in [-0.39, 0.29) is 11.1 Å². The van der Waals surface area contributed by atoms with E-state index in [4.69, 9.17) is 4.74 Å². The normalized spacial score (nSPS) is 10.3. The molecule has 4 nitrogen and oxygen atoms in total. The van der Waals surface area contributed by atoms with Crippen LogP contribution >= 0.6 is 0 Å².